The van der Waals surface area contributed by atoms with E-state index in [0.29, 0.717) is 25.3 Å². The Morgan fingerprint density at radius 3 is 2.93 bits per heavy atom. The molecule has 7 heteroatoms. The number of nitrogens with zero attached hydrogens (tertiary/aromatic N) is 3. The Morgan fingerprint density at radius 2 is 2.11 bits per heavy atom. The van der Waals surface area contributed by atoms with Crippen LogP contribution in [0.15, 0.2) is 35.4 Å². The van der Waals surface area contributed by atoms with E-state index < -0.39 is 0 Å². The molecular formula is C21H25N3O4. The van der Waals surface area contributed by atoms with Crippen LogP contribution in [0.25, 0.3) is 5.52 Å². The van der Waals surface area contributed by atoms with Crippen LogP contribution in [0.5, 0.6) is 11.5 Å². The van der Waals surface area contributed by atoms with Crippen molar-refractivity contribution in [2.45, 2.75) is 39.7 Å². The number of aromatic nitrogens is 3. The highest BCUT2D eigenvalue weighted by Crippen LogP contribution is 2.32. The highest BCUT2D eigenvalue weighted by atomic mass is 16.7. The zero-order chi connectivity index (χ0) is 19.7. The van der Waals surface area contributed by atoms with E-state index in [1.54, 1.807) is 10.8 Å². The number of benzene rings is 1. The summed E-state index contributed by atoms with van der Waals surface area (Å²) in [6, 6.07) is 5.77. The second kappa shape index (κ2) is 7.67. The summed E-state index contributed by atoms with van der Waals surface area (Å²) in [6.07, 6.45) is 4.53. The van der Waals surface area contributed by atoms with E-state index in [9.17, 15) is 4.79 Å². The molecule has 0 saturated heterocycles. The molecule has 0 fully saturated rings. The predicted molar refractivity (Wildman–Crippen MR) is 105 cm³/mol. The summed E-state index contributed by atoms with van der Waals surface area (Å²) in [6.45, 7) is 8.15. The Labute approximate surface area is 163 Å². The number of hydrogen-bond donors (Lipinski definition) is 0. The van der Waals surface area contributed by atoms with E-state index in [0.717, 1.165) is 35.0 Å². The first-order chi connectivity index (χ1) is 13.6. The average Bonchev–Trinajstić information content (AvgIpc) is 3.31. The smallest absolute Gasteiger partial charge is 0.276 e. The van der Waals surface area contributed by atoms with Gasteiger partial charge in [-0.2, -0.15) is 0 Å². The fourth-order valence-corrected chi connectivity index (χ4v) is 3.54. The van der Waals surface area contributed by atoms with Crippen molar-refractivity contribution in [1.82, 2.24) is 14.0 Å². The van der Waals surface area contributed by atoms with Gasteiger partial charge in [-0.15, -0.1) is 0 Å². The third-order valence-electron chi connectivity index (χ3n) is 5.15. The van der Waals surface area contributed by atoms with Gasteiger partial charge < -0.3 is 18.8 Å². The normalized spacial score (nSPS) is 14.0. The molecule has 0 radical (unpaired) electrons. The quantitative estimate of drug-likeness (QED) is 0.587. The van der Waals surface area contributed by atoms with Crippen molar-refractivity contribution in [3.8, 4) is 11.5 Å². The van der Waals surface area contributed by atoms with Crippen molar-refractivity contribution in [1.29, 1.82) is 0 Å². The summed E-state index contributed by atoms with van der Waals surface area (Å²) in [4.78, 5) is 17.6. The molecule has 0 amide bonds. The Kier molecular flexibility index (Phi) is 5.09. The Balaban J connectivity index is 1.64. The van der Waals surface area contributed by atoms with Gasteiger partial charge in [0.1, 0.15) is 11.3 Å². The summed E-state index contributed by atoms with van der Waals surface area (Å²) in [5.74, 6) is 2.56. The van der Waals surface area contributed by atoms with E-state index in [-0.39, 0.29) is 18.3 Å². The van der Waals surface area contributed by atoms with Gasteiger partial charge in [0, 0.05) is 31.0 Å². The van der Waals surface area contributed by atoms with Crippen molar-refractivity contribution in [2.75, 3.05) is 20.0 Å². The number of imidazole rings is 1. The maximum absolute atomic E-state index is 13.1. The highest BCUT2D eigenvalue weighted by molar-refractivity contribution is 5.47. The van der Waals surface area contributed by atoms with Gasteiger partial charge in [0.15, 0.2) is 11.5 Å². The molecule has 0 bridgehead atoms. The first-order valence-corrected chi connectivity index (χ1v) is 9.62. The van der Waals surface area contributed by atoms with Crippen LogP contribution in [-0.2, 0) is 11.3 Å². The SMILES string of the molecule is CCOCCC(C)c1ncc2c(=O)n(Cc3ccc4c(c3)OCO4)c(C)cn12. The molecular weight excluding hydrogens is 358 g/mol. The van der Waals surface area contributed by atoms with Gasteiger partial charge in [-0.3, -0.25) is 9.20 Å². The van der Waals surface area contributed by atoms with Crippen LogP contribution in [0.4, 0.5) is 0 Å². The monoisotopic (exact) mass is 383 g/mol. The number of rotatable bonds is 7. The molecule has 0 N–H and O–H groups in total. The van der Waals surface area contributed by atoms with E-state index >= 15 is 0 Å². The molecule has 1 aliphatic heterocycles. The molecule has 0 spiro atoms. The molecule has 1 unspecified atom stereocenters. The van der Waals surface area contributed by atoms with E-state index in [1.165, 1.54) is 0 Å². The predicted octanol–water partition coefficient (Wildman–Crippen LogP) is 3.11. The number of aryl methyl sites for hydroxylation is 1. The molecule has 148 valence electrons. The van der Waals surface area contributed by atoms with Crippen LogP contribution in [0.1, 0.15) is 43.3 Å². The lowest BCUT2D eigenvalue weighted by Gasteiger charge is -2.14. The Bertz CT molecular complexity index is 1050. The maximum atomic E-state index is 13.1. The van der Waals surface area contributed by atoms with Gasteiger partial charge in [0.2, 0.25) is 6.79 Å². The van der Waals surface area contributed by atoms with E-state index in [1.807, 2.05) is 42.6 Å². The fourth-order valence-electron chi connectivity index (χ4n) is 3.54. The van der Waals surface area contributed by atoms with Gasteiger partial charge in [-0.05, 0) is 38.0 Å². The molecule has 3 aromatic rings. The molecule has 2 aromatic heterocycles. The fraction of sp³-hybridized carbons (Fsp3) is 0.429. The van der Waals surface area contributed by atoms with Crippen LogP contribution >= 0.6 is 0 Å². The van der Waals surface area contributed by atoms with Crippen LogP contribution in [0, 0.1) is 6.92 Å². The minimum Gasteiger partial charge on any atom is -0.454 e. The van der Waals surface area contributed by atoms with Gasteiger partial charge in [0.05, 0.1) is 12.7 Å². The molecule has 7 nitrogen and oxygen atoms in total. The van der Waals surface area contributed by atoms with Crippen LogP contribution in [0.2, 0.25) is 0 Å². The van der Waals surface area contributed by atoms with Gasteiger partial charge in [-0.25, -0.2) is 4.98 Å². The van der Waals surface area contributed by atoms with Crippen molar-refractivity contribution < 1.29 is 14.2 Å². The minimum absolute atomic E-state index is 0.0478. The van der Waals surface area contributed by atoms with Crippen molar-refractivity contribution >= 4 is 5.52 Å². The van der Waals surface area contributed by atoms with Gasteiger partial charge in [0.25, 0.3) is 5.56 Å². The van der Waals surface area contributed by atoms with Gasteiger partial charge in [-0.1, -0.05) is 13.0 Å². The third kappa shape index (κ3) is 3.38. The van der Waals surface area contributed by atoms with Gasteiger partial charge >= 0.3 is 0 Å². The summed E-state index contributed by atoms with van der Waals surface area (Å²) in [7, 11) is 0. The maximum Gasteiger partial charge on any atom is 0.276 e. The first kappa shape index (κ1) is 18.6. The molecule has 0 saturated carbocycles. The molecule has 1 aliphatic rings. The molecule has 4 rings (SSSR count). The molecule has 1 atom stereocenters. The lowest BCUT2D eigenvalue weighted by Crippen LogP contribution is -2.25. The second-order valence-electron chi connectivity index (χ2n) is 7.11. The van der Waals surface area contributed by atoms with Crippen molar-refractivity contribution in [2.24, 2.45) is 0 Å². The topological polar surface area (TPSA) is 67.0 Å². The Hall–Kier alpha value is -2.80. The number of hydrogen-bond acceptors (Lipinski definition) is 5. The zero-order valence-corrected chi connectivity index (χ0v) is 16.5. The first-order valence-electron chi connectivity index (χ1n) is 9.62. The lowest BCUT2D eigenvalue weighted by molar-refractivity contribution is 0.140. The third-order valence-corrected chi connectivity index (χ3v) is 5.15. The molecule has 3 heterocycles. The van der Waals surface area contributed by atoms with E-state index in [4.69, 9.17) is 14.2 Å². The highest BCUT2D eigenvalue weighted by Gasteiger charge is 2.17. The van der Waals surface area contributed by atoms with Crippen LogP contribution < -0.4 is 15.0 Å². The number of ether oxygens (including phenoxy) is 3. The zero-order valence-electron chi connectivity index (χ0n) is 16.5. The molecule has 0 aliphatic carbocycles. The largest absolute Gasteiger partial charge is 0.454 e. The standard InChI is InChI=1S/C21H25N3O4/c1-4-26-8-7-14(2)20-22-10-17-21(25)23(15(3)11-24(17)20)12-16-5-6-18-19(9-16)28-13-27-18/h5-6,9-11,14H,4,7-8,12-13H2,1-3H3. The summed E-state index contributed by atoms with van der Waals surface area (Å²) < 4.78 is 19.9. The second-order valence-corrected chi connectivity index (χ2v) is 7.11. The van der Waals surface area contributed by atoms with Crippen LogP contribution in [-0.4, -0.2) is 34.0 Å². The number of fused-ring (bicyclic) bond motifs is 2. The van der Waals surface area contributed by atoms with E-state index in [2.05, 4.69) is 11.9 Å². The van der Waals surface area contributed by atoms with Crippen molar-refractivity contribution in [3.05, 3.63) is 58.0 Å². The summed E-state index contributed by atoms with van der Waals surface area (Å²) in [5, 5.41) is 0. The Morgan fingerprint density at radius 1 is 1.29 bits per heavy atom. The molecule has 1 aromatic carbocycles. The summed E-state index contributed by atoms with van der Waals surface area (Å²) >= 11 is 0. The lowest BCUT2D eigenvalue weighted by atomic mass is 10.1. The minimum atomic E-state index is -0.0478. The van der Waals surface area contributed by atoms with Crippen LogP contribution in [0.3, 0.4) is 0 Å². The van der Waals surface area contributed by atoms with Crippen molar-refractivity contribution in [3.63, 3.8) is 0 Å². The summed E-state index contributed by atoms with van der Waals surface area (Å²) in [5.41, 5.74) is 2.41. The molecule has 28 heavy (non-hydrogen) atoms. The average molecular weight is 383 g/mol.